The summed E-state index contributed by atoms with van der Waals surface area (Å²) in [7, 11) is 4.06. The number of hydrogen-bond acceptors (Lipinski definition) is 3. The first-order valence-corrected chi connectivity index (χ1v) is 7.35. The SMILES string of the molecule is CCNCc1ccc(Oc2cccc(N(C)C)c2)c(C)c1. The Balaban J connectivity index is 2.14. The van der Waals surface area contributed by atoms with E-state index in [2.05, 4.69) is 42.3 Å². The van der Waals surface area contributed by atoms with Gasteiger partial charge in [0.2, 0.25) is 0 Å². The summed E-state index contributed by atoms with van der Waals surface area (Å²) in [6, 6.07) is 14.4. The van der Waals surface area contributed by atoms with Crippen molar-refractivity contribution in [2.24, 2.45) is 0 Å². The monoisotopic (exact) mass is 284 g/mol. The summed E-state index contributed by atoms with van der Waals surface area (Å²) in [5, 5.41) is 3.33. The van der Waals surface area contributed by atoms with Crippen LogP contribution in [0, 0.1) is 6.92 Å². The van der Waals surface area contributed by atoms with Crippen molar-refractivity contribution in [2.45, 2.75) is 20.4 Å². The van der Waals surface area contributed by atoms with Crippen molar-refractivity contribution in [3.8, 4) is 11.5 Å². The molecule has 0 aromatic heterocycles. The second-order valence-corrected chi connectivity index (χ2v) is 5.37. The topological polar surface area (TPSA) is 24.5 Å². The highest BCUT2D eigenvalue weighted by molar-refractivity contribution is 5.51. The van der Waals surface area contributed by atoms with E-state index in [9.17, 15) is 0 Å². The fraction of sp³-hybridized carbons (Fsp3) is 0.333. The summed E-state index contributed by atoms with van der Waals surface area (Å²) in [5.74, 6) is 1.77. The number of anilines is 1. The number of aryl methyl sites for hydroxylation is 1. The summed E-state index contributed by atoms with van der Waals surface area (Å²) < 4.78 is 6.01. The summed E-state index contributed by atoms with van der Waals surface area (Å²) >= 11 is 0. The second-order valence-electron chi connectivity index (χ2n) is 5.37. The van der Waals surface area contributed by atoms with Gasteiger partial charge in [-0.15, -0.1) is 0 Å². The van der Waals surface area contributed by atoms with Gasteiger partial charge in [-0.2, -0.15) is 0 Å². The minimum Gasteiger partial charge on any atom is -0.457 e. The van der Waals surface area contributed by atoms with Gasteiger partial charge in [0.1, 0.15) is 11.5 Å². The van der Waals surface area contributed by atoms with Gasteiger partial charge in [0.05, 0.1) is 0 Å². The lowest BCUT2D eigenvalue weighted by atomic mass is 10.1. The summed E-state index contributed by atoms with van der Waals surface area (Å²) in [5.41, 5.74) is 3.57. The Bertz CT molecular complexity index is 594. The third-order valence-electron chi connectivity index (χ3n) is 3.38. The molecule has 0 aliphatic carbocycles. The van der Waals surface area contributed by atoms with E-state index in [-0.39, 0.29) is 0 Å². The standard InChI is InChI=1S/C18H24N2O/c1-5-19-13-15-9-10-18(14(2)11-15)21-17-8-6-7-16(12-17)20(3)4/h6-12,19H,5,13H2,1-4H3. The Hall–Kier alpha value is -2.00. The van der Waals surface area contributed by atoms with Gasteiger partial charge in [-0.1, -0.05) is 25.1 Å². The van der Waals surface area contributed by atoms with Crippen LogP contribution in [0.2, 0.25) is 0 Å². The molecule has 0 aliphatic rings. The largest absolute Gasteiger partial charge is 0.457 e. The van der Waals surface area contributed by atoms with Crippen molar-refractivity contribution in [3.05, 3.63) is 53.6 Å². The lowest BCUT2D eigenvalue weighted by molar-refractivity contribution is 0.478. The Morgan fingerprint density at radius 1 is 1.10 bits per heavy atom. The Labute approximate surface area is 127 Å². The van der Waals surface area contributed by atoms with E-state index in [4.69, 9.17) is 4.74 Å². The van der Waals surface area contributed by atoms with Gasteiger partial charge in [0.25, 0.3) is 0 Å². The van der Waals surface area contributed by atoms with Crippen molar-refractivity contribution in [2.75, 3.05) is 25.5 Å². The van der Waals surface area contributed by atoms with Crippen molar-refractivity contribution in [1.29, 1.82) is 0 Å². The van der Waals surface area contributed by atoms with Gasteiger partial charge in [0, 0.05) is 32.4 Å². The molecule has 2 rings (SSSR count). The number of rotatable bonds is 6. The summed E-state index contributed by atoms with van der Waals surface area (Å²) in [6.07, 6.45) is 0. The van der Waals surface area contributed by atoms with E-state index in [1.54, 1.807) is 0 Å². The van der Waals surface area contributed by atoms with E-state index in [1.165, 1.54) is 5.56 Å². The van der Waals surface area contributed by atoms with Crippen LogP contribution in [0.5, 0.6) is 11.5 Å². The zero-order chi connectivity index (χ0) is 15.2. The fourth-order valence-electron chi connectivity index (χ4n) is 2.16. The highest BCUT2D eigenvalue weighted by Crippen LogP contribution is 2.28. The van der Waals surface area contributed by atoms with Crippen LogP contribution < -0.4 is 15.0 Å². The molecule has 0 saturated carbocycles. The van der Waals surface area contributed by atoms with Crippen LogP contribution in [0.1, 0.15) is 18.1 Å². The number of hydrogen-bond donors (Lipinski definition) is 1. The molecule has 0 saturated heterocycles. The third-order valence-corrected chi connectivity index (χ3v) is 3.38. The Morgan fingerprint density at radius 3 is 2.57 bits per heavy atom. The van der Waals surface area contributed by atoms with Crippen molar-refractivity contribution >= 4 is 5.69 Å². The molecule has 0 atom stereocenters. The van der Waals surface area contributed by atoms with E-state index in [0.717, 1.165) is 35.8 Å². The molecule has 0 heterocycles. The molecule has 21 heavy (non-hydrogen) atoms. The van der Waals surface area contributed by atoms with Gasteiger partial charge in [-0.25, -0.2) is 0 Å². The van der Waals surface area contributed by atoms with Gasteiger partial charge in [-0.05, 0) is 42.8 Å². The Kier molecular flexibility index (Phi) is 5.23. The molecule has 3 heteroatoms. The first-order chi connectivity index (χ1) is 10.1. The molecule has 1 N–H and O–H groups in total. The first-order valence-electron chi connectivity index (χ1n) is 7.35. The lowest BCUT2D eigenvalue weighted by Crippen LogP contribution is -2.11. The molecular formula is C18H24N2O. The molecule has 112 valence electrons. The third kappa shape index (κ3) is 4.23. The molecule has 2 aromatic carbocycles. The molecule has 3 nitrogen and oxygen atoms in total. The van der Waals surface area contributed by atoms with Crippen molar-refractivity contribution < 1.29 is 4.74 Å². The number of nitrogens with one attached hydrogen (secondary N) is 1. The van der Waals surface area contributed by atoms with Gasteiger partial charge in [0.15, 0.2) is 0 Å². The molecule has 0 unspecified atom stereocenters. The van der Waals surface area contributed by atoms with Crippen LogP contribution in [0.15, 0.2) is 42.5 Å². The Morgan fingerprint density at radius 2 is 1.90 bits per heavy atom. The zero-order valence-corrected chi connectivity index (χ0v) is 13.3. The van der Waals surface area contributed by atoms with Crippen LogP contribution >= 0.6 is 0 Å². The smallest absolute Gasteiger partial charge is 0.130 e. The number of benzene rings is 2. The molecule has 0 fully saturated rings. The van der Waals surface area contributed by atoms with Crippen LogP contribution in [0.4, 0.5) is 5.69 Å². The normalized spacial score (nSPS) is 10.5. The van der Waals surface area contributed by atoms with E-state index < -0.39 is 0 Å². The minimum absolute atomic E-state index is 0.865. The van der Waals surface area contributed by atoms with Gasteiger partial charge < -0.3 is 15.0 Å². The predicted octanol–water partition coefficient (Wildman–Crippen LogP) is 3.96. The maximum Gasteiger partial charge on any atom is 0.130 e. The molecule has 0 amide bonds. The number of nitrogens with zero attached hydrogens (tertiary/aromatic N) is 1. The van der Waals surface area contributed by atoms with Crippen LogP contribution in [0.3, 0.4) is 0 Å². The van der Waals surface area contributed by atoms with Gasteiger partial charge >= 0.3 is 0 Å². The first kappa shape index (κ1) is 15.4. The highest BCUT2D eigenvalue weighted by atomic mass is 16.5. The second kappa shape index (κ2) is 7.14. The summed E-state index contributed by atoms with van der Waals surface area (Å²) in [6.45, 7) is 6.07. The molecule has 0 spiro atoms. The van der Waals surface area contributed by atoms with E-state index in [0.29, 0.717) is 0 Å². The quantitative estimate of drug-likeness (QED) is 0.869. The maximum absolute atomic E-state index is 6.01. The highest BCUT2D eigenvalue weighted by Gasteiger charge is 2.04. The molecule has 0 bridgehead atoms. The van der Waals surface area contributed by atoms with Crippen molar-refractivity contribution in [3.63, 3.8) is 0 Å². The maximum atomic E-state index is 6.01. The average Bonchev–Trinajstić information content (AvgIpc) is 2.48. The molecule has 2 aromatic rings. The number of ether oxygens (including phenoxy) is 1. The molecule has 0 aliphatic heterocycles. The molecule has 0 radical (unpaired) electrons. The zero-order valence-electron chi connectivity index (χ0n) is 13.3. The van der Waals surface area contributed by atoms with E-state index in [1.807, 2.05) is 38.4 Å². The van der Waals surface area contributed by atoms with Crippen molar-refractivity contribution in [1.82, 2.24) is 5.32 Å². The lowest BCUT2D eigenvalue weighted by Gasteiger charge is -2.15. The minimum atomic E-state index is 0.865. The van der Waals surface area contributed by atoms with E-state index >= 15 is 0 Å². The average molecular weight is 284 g/mol. The molecular weight excluding hydrogens is 260 g/mol. The van der Waals surface area contributed by atoms with Gasteiger partial charge in [-0.3, -0.25) is 0 Å². The fourth-order valence-corrected chi connectivity index (χ4v) is 2.16. The van der Waals surface area contributed by atoms with Crippen LogP contribution in [-0.4, -0.2) is 20.6 Å². The predicted molar refractivity (Wildman–Crippen MR) is 89.4 cm³/mol. The van der Waals surface area contributed by atoms with Crippen LogP contribution in [0.25, 0.3) is 0 Å². The van der Waals surface area contributed by atoms with Crippen LogP contribution in [-0.2, 0) is 6.54 Å². The summed E-state index contributed by atoms with van der Waals surface area (Å²) in [4.78, 5) is 2.07.